The van der Waals surface area contributed by atoms with Crippen LogP contribution in [0.5, 0.6) is 0 Å². The van der Waals surface area contributed by atoms with E-state index in [9.17, 15) is 4.79 Å². The predicted molar refractivity (Wildman–Crippen MR) is 41.4 cm³/mol. The number of carbonyl (C=O) groups is 1. The summed E-state index contributed by atoms with van der Waals surface area (Å²) >= 11 is 3.07. The number of hydrogen-bond donors (Lipinski definition) is 1. The van der Waals surface area contributed by atoms with Crippen LogP contribution < -0.4 is 0 Å². The molecule has 5 heteroatoms. The van der Waals surface area contributed by atoms with Crippen LogP contribution in [0, 0.1) is 6.92 Å². The normalized spacial score (nSPS) is 9.64. The number of hydrogen-bond acceptors (Lipinski definition) is 3. The predicted octanol–water partition coefficient (Wildman–Crippen LogP) is 1.25. The second-order valence-electron chi connectivity index (χ2n) is 1.93. The molecule has 0 unspecified atom stereocenters. The summed E-state index contributed by atoms with van der Waals surface area (Å²) in [6.45, 7) is 1.64. The summed E-state index contributed by atoms with van der Waals surface area (Å²) in [5, 5.41) is 8.52. The zero-order valence-electron chi connectivity index (χ0n) is 5.71. The molecule has 0 aliphatic heterocycles. The summed E-state index contributed by atoms with van der Waals surface area (Å²) in [5.74, 6) is -0.604. The van der Waals surface area contributed by atoms with Gasteiger partial charge in [0, 0.05) is 6.07 Å². The monoisotopic (exact) mass is 216 g/mol. The fourth-order valence-electron chi connectivity index (χ4n) is 0.641. The van der Waals surface area contributed by atoms with Crippen LogP contribution in [0.3, 0.4) is 0 Å². The molecule has 0 saturated heterocycles. The Kier molecular flexibility index (Phi) is 2.19. The highest BCUT2D eigenvalue weighted by Crippen LogP contribution is 2.07. The van der Waals surface area contributed by atoms with Crippen molar-refractivity contribution in [3.05, 3.63) is 22.2 Å². The lowest BCUT2D eigenvalue weighted by atomic mass is 10.4. The zero-order chi connectivity index (χ0) is 8.43. The fraction of sp³-hybridized carbons (Fsp3) is 0.167. The highest BCUT2D eigenvalue weighted by Gasteiger charge is 2.05. The molecular formula is C6H5BrN2O2. The van der Waals surface area contributed by atoms with E-state index in [1.807, 2.05) is 0 Å². The van der Waals surface area contributed by atoms with Gasteiger partial charge in [0.15, 0.2) is 5.69 Å². The van der Waals surface area contributed by atoms with Gasteiger partial charge >= 0.3 is 5.97 Å². The third-order valence-electron chi connectivity index (χ3n) is 1.03. The number of rotatable bonds is 1. The van der Waals surface area contributed by atoms with Gasteiger partial charge in [-0.15, -0.1) is 0 Å². The van der Waals surface area contributed by atoms with Crippen LogP contribution in [-0.2, 0) is 0 Å². The van der Waals surface area contributed by atoms with E-state index in [4.69, 9.17) is 5.11 Å². The topological polar surface area (TPSA) is 63.1 Å². The largest absolute Gasteiger partial charge is 0.477 e. The Hall–Kier alpha value is -0.970. The average molecular weight is 217 g/mol. The molecule has 0 bridgehead atoms. The molecule has 1 aromatic heterocycles. The van der Waals surface area contributed by atoms with Gasteiger partial charge in [-0.2, -0.15) is 0 Å². The van der Waals surface area contributed by atoms with Crippen molar-refractivity contribution in [3.8, 4) is 0 Å². The summed E-state index contributed by atoms with van der Waals surface area (Å²) < 4.78 is 0.488. The van der Waals surface area contributed by atoms with Gasteiger partial charge in [0.25, 0.3) is 0 Å². The number of aromatic carboxylic acids is 1. The van der Waals surface area contributed by atoms with E-state index in [0.717, 1.165) is 0 Å². The smallest absolute Gasteiger partial charge is 0.354 e. The van der Waals surface area contributed by atoms with Crippen molar-refractivity contribution in [2.45, 2.75) is 6.92 Å². The molecule has 0 aliphatic carbocycles. The van der Waals surface area contributed by atoms with Gasteiger partial charge in [-0.05, 0) is 22.9 Å². The molecular weight excluding hydrogens is 212 g/mol. The number of nitrogens with zero attached hydrogens (tertiary/aromatic N) is 2. The van der Waals surface area contributed by atoms with Crippen molar-refractivity contribution >= 4 is 21.9 Å². The molecule has 0 aromatic carbocycles. The first-order valence-corrected chi connectivity index (χ1v) is 3.63. The number of halogens is 1. The van der Waals surface area contributed by atoms with E-state index in [2.05, 4.69) is 25.9 Å². The second-order valence-corrected chi connectivity index (χ2v) is 2.74. The lowest BCUT2D eigenvalue weighted by molar-refractivity contribution is 0.0690. The minimum atomic E-state index is -1.05. The highest BCUT2D eigenvalue weighted by atomic mass is 79.9. The molecule has 1 heterocycles. The van der Waals surface area contributed by atoms with Crippen LogP contribution in [0.4, 0.5) is 0 Å². The van der Waals surface area contributed by atoms with Gasteiger partial charge < -0.3 is 5.11 Å². The van der Waals surface area contributed by atoms with E-state index in [1.165, 1.54) is 6.07 Å². The third kappa shape index (κ3) is 1.98. The molecule has 0 amide bonds. The van der Waals surface area contributed by atoms with Crippen molar-refractivity contribution in [1.82, 2.24) is 9.97 Å². The van der Waals surface area contributed by atoms with E-state index < -0.39 is 5.97 Å². The van der Waals surface area contributed by atoms with Crippen LogP contribution in [-0.4, -0.2) is 21.0 Å². The van der Waals surface area contributed by atoms with Crippen LogP contribution in [0.25, 0.3) is 0 Å². The molecule has 0 spiro atoms. The van der Waals surface area contributed by atoms with Crippen molar-refractivity contribution in [1.29, 1.82) is 0 Å². The lowest BCUT2D eigenvalue weighted by Gasteiger charge is -1.95. The van der Waals surface area contributed by atoms with E-state index in [0.29, 0.717) is 10.4 Å². The first-order chi connectivity index (χ1) is 5.09. The molecule has 1 N–H and O–H groups in total. The van der Waals surface area contributed by atoms with Crippen LogP contribution >= 0.6 is 15.9 Å². The van der Waals surface area contributed by atoms with Crippen molar-refractivity contribution < 1.29 is 9.90 Å². The summed E-state index contributed by atoms with van der Waals surface area (Å²) in [4.78, 5) is 17.9. The molecule has 0 radical (unpaired) electrons. The Morgan fingerprint density at radius 3 is 2.73 bits per heavy atom. The first-order valence-electron chi connectivity index (χ1n) is 2.84. The summed E-state index contributed by atoms with van der Waals surface area (Å²) in [5.41, 5.74) is 0.00405. The highest BCUT2D eigenvalue weighted by molar-refractivity contribution is 9.10. The maximum atomic E-state index is 10.4. The Labute approximate surface area is 71.4 Å². The van der Waals surface area contributed by atoms with Crippen LogP contribution in [0.2, 0.25) is 0 Å². The van der Waals surface area contributed by atoms with E-state index in [1.54, 1.807) is 6.92 Å². The van der Waals surface area contributed by atoms with Crippen LogP contribution in [0.15, 0.2) is 10.7 Å². The molecule has 4 nitrogen and oxygen atoms in total. The molecule has 1 rings (SSSR count). The van der Waals surface area contributed by atoms with Crippen molar-refractivity contribution in [2.24, 2.45) is 0 Å². The lowest BCUT2D eigenvalue weighted by Crippen LogP contribution is -2.02. The zero-order valence-corrected chi connectivity index (χ0v) is 7.29. The van der Waals surface area contributed by atoms with Gasteiger partial charge in [-0.1, -0.05) is 0 Å². The van der Waals surface area contributed by atoms with E-state index >= 15 is 0 Å². The van der Waals surface area contributed by atoms with Gasteiger partial charge in [0.2, 0.25) is 0 Å². The number of carboxylic acid groups (broad SMARTS) is 1. The summed E-state index contributed by atoms with van der Waals surface area (Å²) in [7, 11) is 0. The van der Waals surface area contributed by atoms with E-state index in [-0.39, 0.29) is 5.69 Å². The minimum absolute atomic E-state index is 0.00405. The first kappa shape index (κ1) is 8.13. The number of aryl methyl sites for hydroxylation is 1. The van der Waals surface area contributed by atoms with Gasteiger partial charge in [-0.3, -0.25) is 0 Å². The Morgan fingerprint density at radius 2 is 2.27 bits per heavy atom. The Morgan fingerprint density at radius 1 is 1.64 bits per heavy atom. The van der Waals surface area contributed by atoms with Gasteiger partial charge in [-0.25, -0.2) is 14.8 Å². The van der Waals surface area contributed by atoms with Crippen molar-refractivity contribution in [3.63, 3.8) is 0 Å². The number of carboxylic acids is 1. The summed E-state index contributed by atoms with van der Waals surface area (Å²) in [6, 6.07) is 1.36. The Balaban J connectivity index is 3.19. The standard InChI is InChI=1S/C6H5BrN2O2/c1-3-8-4(6(10)11)2-5(7)9-3/h2H,1H3,(H,10,11). The molecule has 0 fully saturated rings. The molecule has 0 atom stereocenters. The van der Waals surface area contributed by atoms with Crippen LogP contribution in [0.1, 0.15) is 16.3 Å². The third-order valence-corrected chi connectivity index (χ3v) is 1.43. The SMILES string of the molecule is Cc1nc(Br)cc(C(=O)O)n1. The second kappa shape index (κ2) is 2.96. The summed E-state index contributed by atoms with van der Waals surface area (Å²) in [6.07, 6.45) is 0. The molecule has 1 aromatic rings. The van der Waals surface area contributed by atoms with Crippen molar-refractivity contribution in [2.75, 3.05) is 0 Å². The maximum absolute atomic E-state index is 10.4. The minimum Gasteiger partial charge on any atom is -0.477 e. The molecule has 58 valence electrons. The quantitative estimate of drug-likeness (QED) is 0.719. The molecule has 0 saturated carbocycles. The molecule has 0 aliphatic rings. The number of aromatic nitrogens is 2. The maximum Gasteiger partial charge on any atom is 0.354 e. The average Bonchev–Trinajstić information content (AvgIpc) is 1.85. The molecule has 11 heavy (non-hydrogen) atoms. The van der Waals surface area contributed by atoms with Gasteiger partial charge in [0.05, 0.1) is 0 Å². The Bertz CT molecular complexity index is 280. The fourth-order valence-corrected chi connectivity index (χ4v) is 1.11. The van der Waals surface area contributed by atoms with Gasteiger partial charge in [0.1, 0.15) is 10.4 Å².